The normalized spacial score (nSPS) is 21.5. The average Bonchev–Trinajstić information content (AvgIpc) is 2.79. The average molecular weight is 186 g/mol. The maximum Gasteiger partial charge on any atom is 0.303 e. The number of carboxylic acid groups (broad SMARTS) is 1. The number of allylic oxidation sites excluding steroid dienone is 1. The van der Waals surface area contributed by atoms with Gasteiger partial charge in [0.25, 0.3) is 0 Å². The van der Waals surface area contributed by atoms with Crippen LogP contribution in [0.25, 0.3) is 0 Å². The van der Waals surface area contributed by atoms with Crippen LogP contribution in [0.1, 0.15) is 25.7 Å². The molecule has 1 N–H and O–H groups in total. The molecule has 0 saturated carbocycles. The summed E-state index contributed by atoms with van der Waals surface area (Å²) in [7, 11) is 0. The van der Waals surface area contributed by atoms with E-state index in [-0.39, 0.29) is 0 Å². The molecule has 0 spiro atoms. The predicted octanol–water partition coefficient (Wildman–Crippen LogP) is 2.30. The van der Waals surface area contributed by atoms with Gasteiger partial charge in [0.1, 0.15) is 0 Å². The largest absolute Gasteiger partial charge is 0.481 e. The first-order valence-corrected chi connectivity index (χ1v) is 5.34. The second-order valence-corrected chi connectivity index (χ2v) is 4.21. The van der Waals surface area contributed by atoms with Crippen LogP contribution in [0, 0.1) is 0 Å². The Bertz CT molecular complexity index is 173. The van der Waals surface area contributed by atoms with E-state index in [0.717, 1.165) is 24.5 Å². The highest BCUT2D eigenvalue weighted by Crippen LogP contribution is 2.31. The van der Waals surface area contributed by atoms with E-state index in [1.807, 2.05) is 11.8 Å². The predicted molar refractivity (Wildman–Crippen MR) is 51.5 cm³/mol. The fraction of sp³-hybridized carbons (Fsp3) is 0.667. The van der Waals surface area contributed by atoms with Crippen LogP contribution in [0.15, 0.2) is 12.2 Å². The molecule has 0 radical (unpaired) electrons. The summed E-state index contributed by atoms with van der Waals surface area (Å²) < 4.78 is 0. The number of carboxylic acids is 1. The fourth-order valence-corrected chi connectivity index (χ4v) is 1.40. The van der Waals surface area contributed by atoms with E-state index in [9.17, 15) is 4.79 Å². The third-order valence-corrected chi connectivity index (χ3v) is 2.60. The van der Waals surface area contributed by atoms with Crippen LogP contribution < -0.4 is 0 Å². The quantitative estimate of drug-likeness (QED) is 0.393. The second kappa shape index (κ2) is 5.25. The van der Waals surface area contributed by atoms with Gasteiger partial charge in [-0.05, 0) is 19.3 Å². The number of carbonyl (C=O) groups is 1. The van der Waals surface area contributed by atoms with Gasteiger partial charge in [0, 0.05) is 17.4 Å². The molecule has 0 amide bonds. The molecule has 1 aliphatic rings. The fourth-order valence-electron chi connectivity index (χ4n) is 0.953. The number of hydrogen-bond acceptors (Lipinski definition) is 2. The number of hydrogen-bond donors (Lipinski definition) is 1. The first kappa shape index (κ1) is 9.65. The van der Waals surface area contributed by atoms with Crippen molar-refractivity contribution in [2.45, 2.75) is 30.9 Å². The van der Waals surface area contributed by atoms with Crippen LogP contribution in [0.2, 0.25) is 0 Å². The van der Waals surface area contributed by atoms with Crippen LogP contribution in [-0.4, -0.2) is 22.1 Å². The topological polar surface area (TPSA) is 37.3 Å². The molecule has 0 aromatic carbocycles. The Hall–Kier alpha value is -0.440. The van der Waals surface area contributed by atoms with Gasteiger partial charge >= 0.3 is 5.97 Å². The Balaban J connectivity index is 1.84. The molecule has 12 heavy (non-hydrogen) atoms. The lowest BCUT2D eigenvalue weighted by Crippen LogP contribution is -1.92. The molecule has 2 nitrogen and oxygen atoms in total. The number of thioether (sulfide) groups is 1. The summed E-state index contributed by atoms with van der Waals surface area (Å²) in [5.41, 5.74) is 0. The van der Waals surface area contributed by atoms with Gasteiger partial charge in [-0.3, -0.25) is 4.79 Å². The molecule has 1 atom stereocenters. The minimum absolute atomic E-state index is 0.312. The highest BCUT2D eigenvalue weighted by atomic mass is 32.2. The van der Waals surface area contributed by atoms with Gasteiger partial charge in [0.2, 0.25) is 0 Å². The van der Waals surface area contributed by atoms with Crippen LogP contribution in [0.4, 0.5) is 0 Å². The molecule has 3 heteroatoms. The van der Waals surface area contributed by atoms with Crippen molar-refractivity contribution in [2.24, 2.45) is 0 Å². The van der Waals surface area contributed by atoms with Crippen molar-refractivity contribution >= 4 is 17.7 Å². The molecular formula is C9H14O2S. The number of rotatable bonds is 6. The molecule has 1 heterocycles. The van der Waals surface area contributed by atoms with E-state index in [0.29, 0.717) is 6.42 Å². The van der Waals surface area contributed by atoms with E-state index in [2.05, 4.69) is 12.2 Å². The summed E-state index contributed by atoms with van der Waals surface area (Å²) in [6.07, 6.45) is 7.55. The minimum Gasteiger partial charge on any atom is -0.481 e. The monoisotopic (exact) mass is 186 g/mol. The first-order chi connectivity index (χ1) is 5.79. The Morgan fingerprint density at radius 1 is 1.58 bits per heavy atom. The molecule has 1 rings (SSSR count). The standard InChI is InChI=1S/C9H14O2S/c10-9(11)6-4-2-1-3-5-8-7-12-8/h3,5,8H,1-2,4,6-7H2,(H,10,11). The third kappa shape index (κ3) is 5.24. The molecule has 1 saturated heterocycles. The van der Waals surface area contributed by atoms with Crippen molar-refractivity contribution in [1.82, 2.24) is 0 Å². The van der Waals surface area contributed by atoms with Crippen molar-refractivity contribution in [3.05, 3.63) is 12.2 Å². The van der Waals surface area contributed by atoms with Crippen LogP contribution in [0.3, 0.4) is 0 Å². The molecule has 1 unspecified atom stereocenters. The molecule has 0 aromatic heterocycles. The molecule has 1 aliphatic heterocycles. The Morgan fingerprint density at radius 2 is 2.33 bits per heavy atom. The maximum atomic E-state index is 10.1. The van der Waals surface area contributed by atoms with Crippen molar-refractivity contribution in [3.63, 3.8) is 0 Å². The third-order valence-electron chi connectivity index (χ3n) is 1.72. The van der Waals surface area contributed by atoms with Crippen LogP contribution in [0.5, 0.6) is 0 Å². The van der Waals surface area contributed by atoms with Gasteiger partial charge in [-0.1, -0.05) is 12.2 Å². The van der Waals surface area contributed by atoms with Crippen molar-refractivity contribution in [2.75, 3.05) is 5.75 Å². The zero-order valence-electron chi connectivity index (χ0n) is 7.03. The molecule has 0 bridgehead atoms. The van der Waals surface area contributed by atoms with E-state index in [1.54, 1.807) is 0 Å². The van der Waals surface area contributed by atoms with E-state index in [1.165, 1.54) is 5.75 Å². The second-order valence-electron chi connectivity index (χ2n) is 2.94. The SMILES string of the molecule is O=C(O)CCCCC=CC1CS1. The van der Waals surface area contributed by atoms with Crippen molar-refractivity contribution in [3.8, 4) is 0 Å². The maximum absolute atomic E-state index is 10.1. The van der Waals surface area contributed by atoms with Crippen LogP contribution in [-0.2, 0) is 4.79 Å². The van der Waals surface area contributed by atoms with E-state index < -0.39 is 5.97 Å². The highest BCUT2D eigenvalue weighted by molar-refractivity contribution is 8.07. The molecule has 0 aromatic rings. The lowest BCUT2D eigenvalue weighted by Gasteiger charge is -1.92. The summed E-state index contributed by atoms with van der Waals surface area (Å²) in [6.45, 7) is 0. The Labute approximate surface area is 77.0 Å². The molecule has 0 aliphatic carbocycles. The smallest absolute Gasteiger partial charge is 0.303 e. The molecule has 1 fully saturated rings. The van der Waals surface area contributed by atoms with Gasteiger partial charge in [-0.15, -0.1) is 0 Å². The zero-order chi connectivity index (χ0) is 8.81. The lowest BCUT2D eigenvalue weighted by molar-refractivity contribution is -0.137. The summed E-state index contributed by atoms with van der Waals surface area (Å²) in [6, 6.07) is 0. The van der Waals surface area contributed by atoms with Gasteiger partial charge in [0.15, 0.2) is 0 Å². The minimum atomic E-state index is -0.684. The number of unbranched alkanes of at least 4 members (excludes halogenated alkanes) is 2. The molecular weight excluding hydrogens is 172 g/mol. The number of aliphatic carboxylic acids is 1. The zero-order valence-corrected chi connectivity index (χ0v) is 7.85. The lowest BCUT2D eigenvalue weighted by atomic mass is 10.2. The van der Waals surface area contributed by atoms with Crippen molar-refractivity contribution in [1.29, 1.82) is 0 Å². The summed E-state index contributed by atoms with van der Waals surface area (Å²) in [5.74, 6) is 0.586. The molecule has 68 valence electrons. The summed E-state index contributed by atoms with van der Waals surface area (Å²) in [4.78, 5) is 10.1. The van der Waals surface area contributed by atoms with E-state index >= 15 is 0 Å². The summed E-state index contributed by atoms with van der Waals surface area (Å²) in [5, 5.41) is 9.11. The van der Waals surface area contributed by atoms with Gasteiger partial charge < -0.3 is 5.11 Å². The Morgan fingerprint density at radius 3 is 2.92 bits per heavy atom. The van der Waals surface area contributed by atoms with Crippen molar-refractivity contribution < 1.29 is 9.90 Å². The van der Waals surface area contributed by atoms with Gasteiger partial charge in [0.05, 0.1) is 0 Å². The van der Waals surface area contributed by atoms with E-state index in [4.69, 9.17) is 5.11 Å². The van der Waals surface area contributed by atoms with Gasteiger partial charge in [-0.25, -0.2) is 0 Å². The highest BCUT2D eigenvalue weighted by Gasteiger charge is 2.17. The van der Waals surface area contributed by atoms with Gasteiger partial charge in [-0.2, -0.15) is 11.8 Å². The first-order valence-electron chi connectivity index (χ1n) is 4.29. The van der Waals surface area contributed by atoms with Crippen LogP contribution >= 0.6 is 11.8 Å². The summed E-state index contributed by atoms with van der Waals surface area (Å²) >= 11 is 1.96. The Kier molecular flexibility index (Phi) is 4.22.